The zero-order chi connectivity index (χ0) is 21.7. The van der Waals surface area contributed by atoms with Gasteiger partial charge < -0.3 is 20.1 Å². The molecule has 1 aromatic rings. The SMILES string of the molecule is CC(C)(C)CCC(=O)N1CCC(NC(=O)OCc2ccccc2)(C(F)(F)CO)C1. The number of benzene rings is 1. The van der Waals surface area contributed by atoms with Gasteiger partial charge in [0.1, 0.15) is 18.8 Å². The molecule has 1 aliphatic heterocycles. The Morgan fingerprint density at radius 2 is 1.90 bits per heavy atom. The molecule has 1 unspecified atom stereocenters. The summed E-state index contributed by atoms with van der Waals surface area (Å²) >= 11 is 0. The standard InChI is InChI=1S/C21H30F2N2O4/c1-19(2,3)10-9-17(27)25-12-11-20(14-25,21(22,23)15-26)24-18(28)29-13-16-7-5-4-6-8-16/h4-8,26H,9-15H2,1-3H3,(H,24,28). The lowest BCUT2D eigenvalue weighted by atomic mass is 9.90. The molecule has 0 saturated carbocycles. The average Bonchev–Trinajstić information content (AvgIpc) is 3.10. The van der Waals surface area contributed by atoms with Crippen LogP contribution in [0.2, 0.25) is 0 Å². The molecule has 0 aliphatic carbocycles. The minimum atomic E-state index is -3.60. The van der Waals surface area contributed by atoms with Gasteiger partial charge in [-0.05, 0) is 23.8 Å². The van der Waals surface area contributed by atoms with Crippen molar-refractivity contribution in [3.63, 3.8) is 0 Å². The maximum absolute atomic E-state index is 14.6. The molecule has 1 saturated heterocycles. The molecule has 29 heavy (non-hydrogen) atoms. The Kier molecular flexibility index (Phi) is 7.21. The van der Waals surface area contributed by atoms with Crippen LogP contribution in [-0.4, -0.2) is 53.2 Å². The van der Waals surface area contributed by atoms with Crippen LogP contribution in [0, 0.1) is 5.41 Å². The van der Waals surface area contributed by atoms with Gasteiger partial charge in [-0.3, -0.25) is 4.79 Å². The molecule has 2 rings (SSSR count). The van der Waals surface area contributed by atoms with Gasteiger partial charge in [-0.25, -0.2) is 13.6 Å². The molecule has 6 nitrogen and oxygen atoms in total. The second-order valence-electron chi connectivity index (χ2n) is 8.76. The number of hydrogen-bond donors (Lipinski definition) is 2. The predicted octanol–water partition coefficient (Wildman–Crippen LogP) is 3.34. The highest BCUT2D eigenvalue weighted by atomic mass is 19.3. The quantitative estimate of drug-likeness (QED) is 0.720. The van der Waals surface area contributed by atoms with E-state index in [1.807, 2.05) is 26.8 Å². The summed E-state index contributed by atoms with van der Waals surface area (Å²) in [5, 5.41) is 11.5. The Bertz CT molecular complexity index is 706. The Balaban J connectivity index is 2.04. The number of halogens is 2. The topological polar surface area (TPSA) is 78.9 Å². The van der Waals surface area contributed by atoms with Crippen LogP contribution in [0.4, 0.5) is 13.6 Å². The van der Waals surface area contributed by atoms with Crippen molar-refractivity contribution in [3.8, 4) is 0 Å². The Morgan fingerprint density at radius 1 is 1.24 bits per heavy atom. The molecule has 0 aromatic heterocycles. The minimum Gasteiger partial charge on any atom is -0.445 e. The third kappa shape index (κ3) is 6.13. The summed E-state index contributed by atoms with van der Waals surface area (Å²) in [4.78, 5) is 26.0. The Hall–Kier alpha value is -2.22. The van der Waals surface area contributed by atoms with Crippen molar-refractivity contribution in [2.75, 3.05) is 19.7 Å². The molecule has 0 spiro atoms. The van der Waals surface area contributed by atoms with E-state index in [1.165, 1.54) is 4.90 Å². The third-order valence-electron chi connectivity index (χ3n) is 5.16. The number of nitrogens with one attached hydrogen (secondary N) is 1. The average molecular weight is 412 g/mol. The van der Waals surface area contributed by atoms with E-state index in [0.717, 1.165) is 5.56 Å². The fraction of sp³-hybridized carbons (Fsp3) is 0.619. The molecule has 1 aromatic carbocycles. The van der Waals surface area contributed by atoms with Crippen LogP contribution >= 0.6 is 0 Å². The molecule has 1 atom stereocenters. The van der Waals surface area contributed by atoms with Gasteiger partial charge in [0.2, 0.25) is 5.91 Å². The maximum atomic E-state index is 14.6. The molecular formula is C21H30F2N2O4. The number of nitrogens with zero attached hydrogens (tertiary/aromatic N) is 1. The number of likely N-dealkylation sites (tertiary alicyclic amines) is 1. The predicted molar refractivity (Wildman–Crippen MR) is 104 cm³/mol. The van der Waals surface area contributed by atoms with E-state index in [0.29, 0.717) is 6.42 Å². The van der Waals surface area contributed by atoms with Gasteiger partial charge in [-0.2, -0.15) is 0 Å². The van der Waals surface area contributed by atoms with Crippen LogP contribution in [-0.2, 0) is 16.1 Å². The molecule has 0 radical (unpaired) electrons. The number of ether oxygens (including phenoxy) is 1. The van der Waals surface area contributed by atoms with Gasteiger partial charge in [0.25, 0.3) is 5.92 Å². The molecule has 162 valence electrons. The van der Waals surface area contributed by atoms with Gasteiger partial charge in [0.15, 0.2) is 0 Å². The molecule has 1 aliphatic rings. The number of hydrogen-bond acceptors (Lipinski definition) is 4. The number of carbonyl (C=O) groups is 2. The summed E-state index contributed by atoms with van der Waals surface area (Å²) in [7, 11) is 0. The second kappa shape index (κ2) is 9.07. The highest BCUT2D eigenvalue weighted by Gasteiger charge is 2.58. The number of rotatable bonds is 7. The van der Waals surface area contributed by atoms with Gasteiger partial charge in [0, 0.05) is 19.5 Å². The van der Waals surface area contributed by atoms with Crippen LogP contribution in [0.25, 0.3) is 0 Å². The minimum absolute atomic E-state index is 0.0546. The van der Waals surface area contributed by atoms with E-state index < -0.39 is 24.2 Å². The van der Waals surface area contributed by atoms with Crippen molar-refractivity contribution < 1.29 is 28.2 Å². The Morgan fingerprint density at radius 3 is 2.48 bits per heavy atom. The van der Waals surface area contributed by atoms with Crippen LogP contribution in [0.15, 0.2) is 30.3 Å². The van der Waals surface area contributed by atoms with Crippen LogP contribution < -0.4 is 5.32 Å². The second-order valence-corrected chi connectivity index (χ2v) is 8.76. The van der Waals surface area contributed by atoms with Crippen LogP contribution in [0.1, 0.15) is 45.6 Å². The van der Waals surface area contributed by atoms with Gasteiger partial charge >= 0.3 is 6.09 Å². The highest BCUT2D eigenvalue weighted by molar-refractivity contribution is 5.77. The largest absolute Gasteiger partial charge is 0.445 e. The number of amides is 2. The van der Waals surface area contributed by atoms with Gasteiger partial charge in [-0.1, -0.05) is 51.1 Å². The Labute approximate surface area is 170 Å². The first-order chi connectivity index (χ1) is 13.5. The first kappa shape index (κ1) is 23.1. The van der Waals surface area contributed by atoms with Gasteiger partial charge in [0.05, 0.1) is 0 Å². The number of alkyl halides is 2. The van der Waals surface area contributed by atoms with Crippen molar-refractivity contribution in [1.29, 1.82) is 0 Å². The normalized spacial score (nSPS) is 19.9. The highest BCUT2D eigenvalue weighted by Crippen LogP contribution is 2.37. The number of alkyl carbamates (subject to hydrolysis) is 1. The van der Waals surface area contributed by atoms with Crippen molar-refractivity contribution in [1.82, 2.24) is 10.2 Å². The summed E-state index contributed by atoms with van der Waals surface area (Å²) in [6, 6.07) is 8.85. The van der Waals surface area contributed by atoms with E-state index in [2.05, 4.69) is 5.32 Å². The summed E-state index contributed by atoms with van der Waals surface area (Å²) in [6.07, 6.45) is -0.311. The lowest BCUT2D eigenvalue weighted by molar-refractivity contribution is -0.135. The summed E-state index contributed by atoms with van der Waals surface area (Å²) in [6.45, 7) is 4.20. The summed E-state index contributed by atoms with van der Waals surface area (Å²) in [5.74, 6) is -3.84. The first-order valence-electron chi connectivity index (χ1n) is 9.73. The third-order valence-corrected chi connectivity index (χ3v) is 5.16. The zero-order valence-electron chi connectivity index (χ0n) is 17.2. The molecule has 2 N–H and O–H groups in total. The van der Waals surface area contributed by atoms with Crippen molar-refractivity contribution in [2.24, 2.45) is 5.41 Å². The lowest BCUT2D eigenvalue weighted by Crippen LogP contribution is -2.63. The van der Waals surface area contributed by atoms with E-state index in [1.54, 1.807) is 24.3 Å². The van der Waals surface area contributed by atoms with Crippen LogP contribution in [0.3, 0.4) is 0 Å². The smallest absolute Gasteiger partial charge is 0.408 e. The van der Waals surface area contributed by atoms with Crippen molar-refractivity contribution in [2.45, 2.75) is 58.1 Å². The fourth-order valence-electron chi connectivity index (χ4n) is 3.26. The van der Waals surface area contributed by atoms with E-state index >= 15 is 0 Å². The number of aliphatic hydroxyl groups excluding tert-OH is 1. The maximum Gasteiger partial charge on any atom is 0.408 e. The molecular weight excluding hydrogens is 382 g/mol. The molecule has 0 bridgehead atoms. The van der Waals surface area contributed by atoms with E-state index in [-0.39, 0.29) is 43.9 Å². The molecule has 8 heteroatoms. The molecule has 2 amide bonds. The zero-order valence-corrected chi connectivity index (χ0v) is 17.2. The number of aliphatic hydroxyl groups is 1. The van der Waals surface area contributed by atoms with E-state index in [9.17, 15) is 23.5 Å². The van der Waals surface area contributed by atoms with Gasteiger partial charge in [-0.15, -0.1) is 0 Å². The monoisotopic (exact) mass is 412 g/mol. The van der Waals surface area contributed by atoms with E-state index in [4.69, 9.17) is 4.74 Å². The summed E-state index contributed by atoms with van der Waals surface area (Å²) in [5.41, 5.74) is -1.40. The summed E-state index contributed by atoms with van der Waals surface area (Å²) < 4.78 is 34.3. The number of carbonyl (C=O) groups excluding carboxylic acids is 2. The molecule has 1 fully saturated rings. The van der Waals surface area contributed by atoms with Crippen molar-refractivity contribution in [3.05, 3.63) is 35.9 Å². The van der Waals surface area contributed by atoms with Crippen LogP contribution in [0.5, 0.6) is 0 Å². The molecule has 1 heterocycles. The first-order valence-corrected chi connectivity index (χ1v) is 9.73. The fourth-order valence-corrected chi connectivity index (χ4v) is 3.26. The van der Waals surface area contributed by atoms with Crippen molar-refractivity contribution >= 4 is 12.0 Å². The lowest BCUT2D eigenvalue weighted by Gasteiger charge is -2.36.